The normalized spacial score (nSPS) is 36.0. The summed E-state index contributed by atoms with van der Waals surface area (Å²) >= 11 is 0. The van der Waals surface area contributed by atoms with E-state index < -0.39 is 12.0 Å². The van der Waals surface area contributed by atoms with Gasteiger partial charge in [-0.05, 0) is 74.0 Å². The van der Waals surface area contributed by atoms with Crippen LogP contribution in [-0.2, 0) is 4.79 Å². The van der Waals surface area contributed by atoms with E-state index in [1.807, 2.05) is 13.8 Å². The van der Waals surface area contributed by atoms with Crippen LogP contribution < -0.4 is 10.6 Å². The van der Waals surface area contributed by atoms with Gasteiger partial charge in [0.25, 0.3) is 0 Å². The van der Waals surface area contributed by atoms with E-state index in [4.69, 9.17) is 0 Å². The van der Waals surface area contributed by atoms with Gasteiger partial charge in [-0.1, -0.05) is 13.8 Å². The molecule has 1 atom stereocenters. The number of amides is 2. The monoisotopic (exact) mass is 322 g/mol. The Kier molecular flexibility index (Phi) is 4.56. The van der Waals surface area contributed by atoms with E-state index >= 15 is 0 Å². The van der Waals surface area contributed by atoms with Crippen molar-refractivity contribution in [2.24, 2.45) is 29.1 Å². The Labute approximate surface area is 138 Å². The van der Waals surface area contributed by atoms with Crippen molar-refractivity contribution in [3.05, 3.63) is 0 Å². The number of carboxylic acids is 1. The van der Waals surface area contributed by atoms with Crippen LogP contribution in [0.3, 0.4) is 0 Å². The Balaban J connectivity index is 1.52. The lowest BCUT2D eigenvalue weighted by molar-refractivity contribution is -0.139. The van der Waals surface area contributed by atoms with Gasteiger partial charge in [0.05, 0.1) is 0 Å². The molecule has 5 heteroatoms. The summed E-state index contributed by atoms with van der Waals surface area (Å²) in [6, 6.07) is -1.12. The van der Waals surface area contributed by atoms with Gasteiger partial charge in [0.2, 0.25) is 0 Å². The molecule has 3 N–H and O–H groups in total. The molecule has 0 saturated heterocycles. The lowest BCUT2D eigenvalue weighted by Gasteiger charge is -2.56. The number of carbonyl (C=O) groups is 2. The predicted octanol–water partition coefficient (Wildman–Crippen LogP) is 3.00. The molecule has 0 radical (unpaired) electrons. The van der Waals surface area contributed by atoms with Gasteiger partial charge in [-0.2, -0.15) is 0 Å². The zero-order valence-corrected chi connectivity index (χ0v) is 14.3. The fourth-order valence-corrected chi connectivity index (χ4v) is 5.68. The van der Waals surface area contributed by atoms with E-state index in [1.54, 1.807) is 0 Å². The topological polar surface area (TPSA) is 78.4 Å². The highest BCUT2D eigenvalue weighted by Gasteiger charge is 2.50. The quantitative estimate of drug-likeness (QED) is 0.703. The fraction of sp³-hybridized carbons (Fsp3) is 0.889. The van der Waals surface area contributed by atoms with Gasteiger partial charge in [0.15, 0.2) is 0 Å². The molecular weight excluding hydrogens is 292 g/mol. The minimum Gasteiger partial charge on any atom is -0.480 e. The Morgan fingerprint density at radius 3 is 2.04 bits per heavy atom. The summed E-state index contributed by atoms with van der Waals surface area (Å²) in [4.78, 5) is 23.4. The van der Waals surface area contributed by atoms with E-state index in [9.17, 15) is 14.7 Å². The van der Waals surface area contributed by atoms with Crippen LogP contribution in [0.15, 0.2) is 0 Å². The second-order valence-electron chi connectivity index (χ2n) is 8.76. The maximum absolute atomic E-state index is 12.1. The number of carboxylic acid groups (broad SMARTS) is 1. The number of aliphatic carboxylic acids is 1. The molecule has 0 aromatic rings. The molecule has 0 aromatic heterocycles. The number of urea groups is 1. The van der Waals surface area contributed by atoms with Gasteiger partial charge in [-0.3, -0.25) is 0 Å². The Bertz CT molecular complexity index is 440. The molecule has 4 bridgehead atoms. The van der Waals surface area contributed by atoms with Crippen molar-refractivity contribution in [2.75, 3.05) is 6.54 Å². The van der Waals surface area contributed by atoms with Crippen LogP contribution in [0.1, 0.15) is 58.8 Å². The fourth-order valence-electron chi connectivity index (χ4n) is 5.68. The lowest BCUT2D eigenvalue weighted by Crippen LogP contribution is -2.54. The van der Waals surface area contributed by atoms with E-state index in [1.165, 1.54) is 38.5 Å². The first-order valence-electron chi connectivity index (χ1n) is 9.12. The molecule has 1 unspecified atom stereocenters. The van der Waals surface area contributed by atoms with Crippen molar-refractivity contribution in [3.8, 4) is 0 Å². The first kappa shape index (κ1) is 16.6. The second-order valence-corrected chi connectivity index (χ2v) is 8.76. The average molecular weight is 322 g/mol. The molecule has 4 aliphatic carbocycles. The molecule has 0 aromatic carbocycles. The number of hydrogen-bond acceptors (Lipinski definition) is 2. The van der Waals surface area contributed by atoms with Crippen molar-refractivity contribution in [1.29, 1.82) is 0 Å². The molecular formula is C18H30N2O3. The summed E-state index contributed by atoms with van der Waals surface area (Å²) in [6.07, 6.45) is 8.36. The van der Waals surface area contributed by atoms with E-state index in [2.05, 4.69) is 10.6 Å². The lowest BCUT2D eigenvalue weighted by atomic mass is 9.49. The number of rotatable bonds is 6. The van der Waals surface area contributed by atoms with Gasteiger partial charge >= 0.3 is 12.0 Å². The van der Waals surface area contributed by atoms with E-state index in [0.29, 0.717) is 13.0 Å². The van der Waals surface area contributed by atoms with Crippen LogP contribution in [0.4, 0.5) is 4.79 Å². The molecule has 2 amide bonds. The highest BCUT2D eigenvalue weighted by atomic mass is 16.4. The Morgan fingerprint density at radius 2 is 1.61 bits per heavy atom. The number of nitrogens with one attached hydrogen (secondary N) is 2. The van der Waals surface area contributed by atoms with Crippen molar-refractivity contribution >= 4 is 12.0 Å². The summed E-state index contributed by atoms with van der Waals surface area (Å²) in [5.74, 6) is 1.86. The summed E-state index contributed by atoms with van der Waals surface area (Å²) < 4.78 is 0. The largest absolute Gasteiger partial charge is 0.480 e. The van der Waals surface area contributed by atoms with E-state index in [0.717, 1.165) is 17.8 Å². The van der Waals surface area contributed by atoms with E-state index in [-0.39, 0.29) is 17.4 Å². The summed E-state index contributed by atoms with van der Waals surface area (Å²) in [5, 5.41) is 14.8. The SMILES string of the molecule is CC(C)CC(NC(=O)NCC12CC3CC(CC(C3)C1)C2)C(=O)O. The van der Waals surface area contributed by atoms with Crippen molar-refractivity contribution < 1.29 is 14.7 Å². The summed E-state index contributed by atoms with van der Waals surface area (Å²) in [5.41, 5.74) is 0.281. The molecule has 4 aliphatic rings. The third kappa shape index (κ3) is 3.81. The minimum atomic E-state index is -0.955. The summed E-state index contributed by atoms with van der Waals surface area (Å²) in [7, 11) is 0. The standard InChI is InChI=1S/C18H30N2O3/c1-11(2)3-15(16(21)22)20-17(23)19-10-18-7-12-4-13(8-18)6-14(5-12)9-18/h11-15H,3-10H2,1-2H3,(H,21,22)(H2,19,20,23). The van der Waals surface area contributed by atoms with Crippen molar-refractivity contribution in [1.82, 2.24) is 10.6 Å². The summed E-state index contributed by atoms with van der Waals surface area (Å²) in [6.45, 7) is 4.63. The van der Waals surface area contributed by atoms with Crippen LogP contribution in [0.5, 0.6) is 0 Å². The van der Waals surface area contributed by atoms with Crippen LogP contribution in [0.2, 0.25) is 0 Å². The molecule has 130 valence electrons. The third-order valence-corrected chi connectivity index (χ3v) is 6.10. The molecule has 0 aliphatic heterocycles. The van der Waals surface area contributed by atoms with Crippen molar-refractivity contribution in [2.45, 2.75) is 64.8 Å². The number of hydrogen-bond donors (Lipinski definition) is 3. The molecule has 5 nitrogen and oxygen atoms in total. The Morgan fingerprint density at radius 1 is 1.09 bits per heavy atom. The first-order valence-corrected chi connectivity index (χ1v) is 9.12. The third-order valence-electron chi connectivity index (χ3n) is 6.10. The Hall–Kier alpha value is -1.26. The van der Waals surface area contributed by atoms with Gasteiger partial charge in [-0.25, -0.2) is 9.59 Å². The van der Waals surface area contributed by atoms with Crippen LogP contribution >= 0.6 is 0 Å². The van der Waals surface area contributed by atoms with Gasteiger partial charge in [-0.15, -0.1) is 0 Å². The van der Waals surface area contributed by atoms with Gasteiger partial charge in [0.1, 0.15) is 6.04 Å². The van der Waals surface area contributed by atoms with Crippen molar-refractivity contribution in [3.63, 3.8) is 0 Å². The van der Waals surface area contributed by atoms with Crippen LogP contribution in [0.25, 0.3) is 0 Å². The zero-order chi connectivity index (χ0) is 16.6. The zero-order valence-electron chi connectivity index (χ0n) is 14.3. The number of carbonyl (C=O) groups excluding carboxylic acids is 1. The smallest absolute Gasteiger partial charge is 0.326 e. The van der Waals surface area contributed by atoms with Crippen LogP contribution in [-0.4, -0.2) is 29.7 Å². The minimum absolute atomic E-state index is 0.236. The molecule has 4 rings (SSSR count). The molecule has 0 spiro atoms. The molecule has 4 saturated carbocycles. The molecule has 0 heterocycles. The van der Waals surface area contributed by atoms with Gasteiger partial charge in [0, 0.05) is 6.54 Å². The van der Waals surface area contributed by atoms with Gasteiger partial charge < -0.3 is 15.7 Å². The first-order chi connectivity index (χ1) is 10.8. The highest BCUT2D eigenvalue weighted by Crippen LogP contribution is 2.59. The molecule has 23 heavy (non-hydrogen) atoms. The predicted molar refractivity (Wildman–Crippen MR) is 88.0 cm³/mol. The highest BCUT2D eigenvalue weighted by molar-refractivity contribution is 5.82. The molecule has 4 fully saturated rings. The van der Waals surface area contributed by atoms with Crippen LogP contribution in [0, 0.1) is 29.1 Å². The maximum atomic E-state index is 12.1. The average Bonchev–Trinajstić information content (AvgIpc) is 2.42. The maximum Gasteiger partial charge on any atom is 0.326 e. The second kappa shape index (κ2) is 6.33.